The van der Waals surface area contributed by atoms with Crippen molar-refractivity contribution >= 4 is 0 Å². The van der Waals surface area contributed by atoms with Crippen molar-refractivity contribution in [2.45, 2.75) is 45.0 Å². The predicted molar refractivity (Wildman–Crippen MR) is 78.3 cm³/mol. The van der Waals surface area contributed by atoms with Crippen LogP contribution in [-0.2, 0) is 16.2 Å². The summed E-state index contributed by atoms with van der Waals surface area (Å²) in [5.74, 6) is 0. The Morgan fingerprint density at radius 3 is 2.65 bits per heavy atom. The molecular weight excluding hydrogens is 256 g/mol. The monoisotopic (exact) mass is 280 g/mol. The second-order valence-corrected chi connectivity index (χ2v) is 4.71. The molecule has 20 heavy (non-hydrogen) atoms. The molecule has 0 fully saturated rings. The fraction of sp³-hybridized carbons (Fsp3) is 0.500. The van der Waals surface area contributed by atoms with Gasteiger partial charge in [-0.2, -0.15) is 0 Å². The van der Waals surface area contributed by atoms with E-state index in [1.54, 1.807) is 6.08 Å². The van der Waals surface area contributed by atoms with Crippen LogP contribution in [0.25, 0.3) is 0 Å². The molecule has 0 unspecified atom stereocenters. The van der Waals surface area contributed by atoms with Gasteiger partial charge in [0.05, 0.1) is 13.2 Å². The maximum Gasteiger partial charge on any atom is 0.139 e. The van der Waals surface area contributed by atoms with Crippen molar-refractivity contribution in [2.24, 2.45) is 0 Å². The minimum atomic E-state index is -0.887. The maximum absolute atomic E-state index is 9.88. The Morgan fingerprint density at radius 2 is 2.00 bits per heavy atom. The van der Waals surface area contributed by atoms with Crippen molar-refractivity contribution in [3.05, 3.63) is 48.0 Å². The molecule has 1 rings (SSSR count). The standard InChI is InChI=1S/C16H24O4/c1-2-3-4-8-11-16(20-18)15(17)13-19-12-14-9-6-5-7-10-14/h5-11,15-18H,2-4,12-13H2,1H3/b11-8+/t15-,16+/m1/s1. The molecule has 0 aliphatic heterocycles. The van der Waals surface area contributed by atoms with Crippen molar-refractivity contribution in [1.29, 1.82) is 0 Å². The molecule has 4 heteroatoms. The average molecular weight is 280 g/mol. The number of rotatable bonds is 10. The minimum absolute atomic E-state index is 0.109. The molecule has 0 aromatic heterocycles. The quantitative estimate of drug-likeness (QED) is 0.299. The van der Waals surface area contributed by atoms with E-state index in [9.17, 15) is 5.11 Å². The molecule has 2 atom stereocenters. The van der Waals surface area contributed by atoms with E-state index < -0.39 is 12.2 Å². The number of benzene rings is 1. The predicted octanol–water partition coefficient (Wildman–Crippen LogP) is 3.17. The van der Waals surface area contributed by atoms with Crippen molar-refractivity contribution in [2.75, 3.05) is 6.61 Å². The summed E-state index contributed by atoms with van der Waals surface area (Å²) >= 11 is 0. The number of ether oxygens (including phenoxy) is 1. The zero-order chi connectivity index (χ0) is 14.6. The summed E-state index contributed by atoms with van der Waals surface area (Å²) in [5.41, 5.74) is 1.04. The topological polar surface area (TPSA) is 58.9 Å². The molecule has 112 valence electrons. The molecule has 4 nitrogen and oxygen atoms in total. The van der Waals surface area contributed by atoms with Crippen LogP contribution in [0.2, 0.25) is 0 Å². The Kier molecular flexibility index (Phi) is 8.91. The van der Waals surface area contributed by atoms with E-state index >= 15 is 0 Å². The van der Waals surface area contributed by atoms with E-state index in [1.807, 2.05) is 36.4 Å². The van der Waals surface area contributed by atoms with E-state index in [4.69, 9.17) is 9.99 Å². The van der Waals surface area contributed by atoms with Crippen molar-refractivity contribution in [3.63, 3.8) is 0 Å². The lowest BCUT2D eigenvalue weighted by atomic mass is 10.1. The highest BCUT2D eigenvalue weighted by atomic mass is 17.1. The third-order valence-corrected chi connectivity index (χ3v) is 2.95. The van der Waals surface area contributed by atoms with Crippen LogP contribution in [-0.4, -0.2) is 29.2 Å². The second-order valence-electron chi connectivity index (χ2n) is 4.71. The first-order valence-corrected chi connectivity index (χ1v) is 7.04. The zero-order valence-electron chi connectivity index (χ0n) is 11.9. The van der Waals surface area contributed by atoms with Crippen LogP contribution < -0.4 is 0 Å². The van der Waals surface area contributed by atoms with E-state index in [0.717, 1.165) is 24.8 Å². The number of aliphatic hydroxyl groups excluding tert-OH is 1. The summed E-state index contributed by atoms with van der Waals surface area (Å²) in [6, 6.07) is 9.72. The molecule has 2 N–H and O–H groups in total. The summed E-state index contributed by atoms with van der Waals surface area (Å²) in [7, 11) is 0. The first-order chi connectivity index (χ1) is 9.77. The minimum Gasteiger partial charge on any atom is -0.388 e. The molecule has 0 heterocycles. The molecule has 0 saturated carbocycles. The molecule has 0 aliphatic rings. The van der Waals surface area contributed by atoms with Gasteiger partial charge in [-0.15, -0.1) is 0 Å². The van der Waals surface area contributed by atoms with Crippen LogP contribution in [0.5, 0.6) is 0 Å². The largest absolute Gasteiger partial charge is 0.388 e. The van der Waals surface area contributed by atoms with Crippen LogP contribution in [0.1, 0.15) is 31.7 Å². The highest BCUT2D eigenvalue weighted by Crippen LogP contribution is 2.06. The van der Waals surface area contributed by atoms with Gasteiger partial charge >= 0.3 is 0 Å². The summed E-state index contributed by atoms with van der Waals surface area (Å²) in [6.07, 6.45) is 5.04. The third kappa shape index (κ3) is 6.82. The Labute approximate surface area is 120 Å². The smallest absolute Gasteiger partial charge is 0.139 e. The molecule has 0 bridgehead atoms. The second kappa shape index (κ2) is 10.6. The van der Waals surface area contributed by atoms with Crippen molar-refractivity contribution in [3.8, 4) is 0 Å². The maximum atomic E-state index is 9.88. The normalized spacial score (nSPS) is 14.6. The van der Waals surface area contributed by atoms with E-state index in [0.29, 0.717) is 6.61 Å². The molecule has 1 aromatic rings. The lowest BCUT2D eigenvalue weighted by Gasteiger charge is -2.16. The highest BCUT2D eigenvalue weighted by molar-refractivity contribution is 5.13. The van der Waals surface area contributed by atoms with E-state index in [2.05, 4.69) is 11.8 Å². The van der Waals surface area contributed by atoms with Gasteiger partial charge in [-0.05, 0) is 12.0 Å². The van der Waals surface area contributed by atoms with Crippen LogP contribution in [0.4, 0.5) is 0 Å². The number of hydrogen-bond donors (Lipinski definition) is 2. The van der Waals surface area contributed by atoms with E-state index in [1.165, 1.54) is 0 Å². The van der Waals surface area contributed by atoms with Crippen LogP contribution >= 0.6 is 0 Å². The molecule has 0 saturated heterocycles. The van der Waals surface area contributed by atoms with Gasteiger partial charge in [-0.3, -0.25) is 5.26 Å². The molecule has 0 aliphatic carbocycles. The lowest BCUT2D eigenvalue weighted by Crippen LogP contribution is -2.30. The fourth-order valence-corrected chi connectivity index (χ4v) is 1.75. The number of aliphatic hydroxyl groups is 1. The first kappa shape index (κ1) is 16.9. The molecule has 0 radical (unpaired) electrons. The SMILES string of the molecule is CCCC/C=C/[C@H](OO)[C@H](O)COCc1ccccc1. The molecule has 0 amide bonds. The van der Waals surface area contributed by atoms with Gasteiger partial charge in [0.15, 0.2) is 0 Å². The van der Waals surface area contributed by atoms with Crippen molar-refractivity contribution < 1.29 is 20.0 Å². The summed E-state index contributed by atoms with van der Waals surface area (Å²) in [4.78, 5) is 4.28. The Morgan fingerprint density at radius 1 is 1.25 bits per heavy atom. The lowest BCUT2D eigenvalue weighted by molar-refractivity contribution is -0.286. The van der Waals surface area contributed by atoms with Gasteiger partial charge in [-0.1, -0.05) is 62.2 Å². The van der Waals surface area contributed by atoms with Gasteiger partial charge in [-0.25, -0.2) is 4.89 Å². The summed E-state index contributed by atoms with van der Waals surface area (Å²) in [5, 5.41) is 18.7. The van der Waals surface area contributed by atoms with Gasteiger partial charge in [0.2, 0.25) is 0 Å². The Hall–Kier alpha value is -1.20. The van der Waals surface area contributed by atoms with Gasteiger partial charge in [0, 0.05) is 0 Å². The molecule has 1 aromatic carbocycles. The number of hydrogen-bond acceptors (Lipinski definition) is 4. The number of unbranched alkanes of at least 4 members (excludes halogenated alkanes) is 2. The average Bonchev–Trinajstić information content (AvgIpc) is 2.48. The fourth-order valence-electron chi connectivity index (χ4n) is 1.75. The van der Waals surface area contributed by atoms with Gasteiger partial charge in [0.1, 0.15) is 12.2 Å². The van der Waals surface area contributed by atoms with Crippen LogP contribution in [0.15, 0.2) is 42.5 Å². The Balaban J connectivity index is 2.28. The van der Waals surface area contributed by atoms with E-state index in [-0.39, 0.29) is 6.61 Å². The number of allylic oxidation sites excluding steroid dienone is 1. The van der Waals surface area contributed by atoms with Crippen LogP contribution in [0.3, 0.4) is 0 Å². The van der Waals surface area contributed by atoms with Crippen molar-refractivity contribution in [1.82, 2.24) is 0 Å². The third-order valence-electron chi connectivity index (χ3n) is 2.95. The molecule has 0 spiro atoms. The molecular formula is C16H24O4. The highest BCUT2D eigenvalue weighted by Gasteiger charge is 2.17. The van der Waals surface area contributed by atoms with Gasteiger partial charge < -0.3 is 9.84 Å². The van der Waals surface area contributed by atoms with Crippen LogP contribution in [0, 0.1) is 0 Å². The first-order valence-electron chi connectivity index (χ1n) is 7.04. The zero-order valence-corrected chi connectivity index (χ0v) is 11.9. The Bertz CT molecular complexity index is 364. The van der Waals surface area contributed by atoms with Gasteiger partial charge in [0.25, 0.3) is 0 Å². The summed E-state index contributed by atoms with van der Waals surface area (Å²) < 4.78 is 5.42. The summed E-state index contributed by atoms with van der Waals surface area (Å²) in [6.45, 7) is 2.65.